The van der Waals surface area contributed by atoms with Gasteiger partial charge < -0.3 is 15.2 Å². The number of halogens is 5. The number of rotatable bonds is 3. The van der Waals surface area contributed by atoms with Gasteiger partial charge in [0.2, 0.25) is 0 Å². The second-order valence-electron chi connectivity index (χ2n) is 5.64. The summed E-state index contributed by atoms with van der Waals surface area (Å²) in [6.07, 6.45) is -4.30. The van der Waals surface area contributed by atoms with E-state index in [1.165, 1.54) is 6.07 Å². The highest BCUT2D eigenvalue weighted by Crippen LogP contribution is 2.43. The van der Waals surface area contributed by atoms with E-state index in [1.54, 1.807) is 0 Å². The first-order valence-corrected chi connectivity index (χ1v) is 7.51. The lowest BCUT2D eigenvalue weighted by atomic mass is 9.95. The van der Waals surface area contributed by atoms with Gasteiger partial charge in [-0.2, -0.15) is 0 Å². The van der Waals surface area contributed by atoms with Gasteiger partial charge in [0.1, 0.15) is 29.2 Å². The molecule has 0 fully saturated rings. The van der Waals surface area contributed by atoms with E-state index in [9.17, 15) is 22.0 Å². The number of nitrogens with two attached hydrogens (primary N) is 1. The Labute approximate surface area is 140 Å². The van der Waals surface area contributed by atoms with E-state index in [0.717, 1.165) is 18.2 Å². The third kappa shape index (κ3) is 3.84. The molecule has 0 bridgehead atoms. The van der Waals surface area contributed by atoms with E-state index in [-0.39, 0.29) is 29.5 Å². The Morgan fingerprint density at radius 3 is 2.52 bits per heavy atom. The third-order valence-electron chi connectivity index (χ3n) is 3.87. The molecular formula is C17H14F5NO2. The van der Waals surface area contributed by atoms with Gasteiger partial charge in [0, 0.05) is 23.7 Å². The van der Waals surface area contributed by atoms with Crippen molar-refractivity contribution >= 4 is 0 Å². The first-order valence-electron chi connectivity index (χ1n) is 7.51. The number of benzene rings is 2. The standard InChI is InChI=1S/C17H14F5NO2/c18-10-2-4-13(15(7-10)25-17(20,21)22)14-6-11(19)5-9-1-3-12(8-23)24-16(9)14/h2,4-7,12H,1,3,8,23H2/t12-/m1/s1. The summed E-state index contributed by atoms with van der Waals surface area (Å²) in [5.74, 6) is -2.07. The van der Waals surface area contributed by atoms with Crippen LogP contribution in [0.1, 0.15) is 12.0 Å². The van der Waals surface area contributed by atoms with Crippen LogP contribution in [0.4, 0.5) is 22.0 Å². The Morgan fingerprint density at radius 1 is 1.08 bits per heavy atom. The molecule has 0 spiro atoms. The van der Waals surface area contributed by atoms with Gasteiger partial charge in [0.15, 0.2) is 0 Å². The van der Waals surface area contributed by atoms with Gasteiger partial charge in [0.05, 0.1) is 0 Å². The van der Waals surface area contributed by atoms with Crippen LogP contribution < -0.4 is 15.2 Å². The minimum Gasteiger partial charge on any atom is -0.488 e. The first-order chi connectivity index (χ1) is 11.8. The van der Waals surface area contributed by atoms with Crippen molar-refractivity contribution in [1.29, 1.82) is 0 Å². The van der Waals surface area contributed by atoms with E-state index < -0.39 is 23.7 Å². The molecular weight excluding hydrogens is 345 g/mol. The van der Waals surface area contributed by atoms with Gasteiger partial charge in [-0.05, 0) is 42.7 Å². The van der Waals surface area contributed by atoms with Crippen molar-refractivity contribution < 1.29 is 31.4 Å². The Balaban J connectivity index is 2.15. The molecule has 2 aromatic rings. The average Bonchev–Trinajstić information content (AvgIpc) is 2.52. The van der Waals surface area contributed by atoms with Crippen molar-refractivity contribution in [1.82, 2.24) is 0 Å². The molecule has 1 aliphatic heterocycles. The molecule has 2 N–H and O–H groups in total. The van der Waals surface area contributed by atoms with Crippen LogP contribution >= 0.6 is 0 Å². The molecule has 2 aromatic carbocycles. The summed E-state index contributed by atoms with van der Waals surface area (Å²) >= 11 is 0. The molecule has 134 valence electrons. The summed E-state index contributed by atoms with van der Waals surface area (Å²) in [7, 11) is 0. The van der Waals surface area contributed by atoms with E-state index in [1.807, 2.05) is 0 Å². The number of alkyl halides is 3. The van der Waals surface area contributed by atoms with Gasteiger partial charge >= 0.3 is 6.36 Å². The van der Waals surface area contributed by atoms with Crippen LogP contribution in [0.3, 0.4) is 0 Å². The fourth-order valence-electron chi connectivity index (χ4n) is 2.81. The van der Waals surface area contributed by atoms with Crippen LogP contribution in [0.5, 0.6) is 11.5 Å². The zero-order valence-corrected chi connectivity index (χ0v) is 12.9. The topological polar surface area (TPSA) is 44.5 Å². The summed E-state index contributed by atoms with van der Waals surface area (Å²) in [5, 5.41) is 0. The molecule has 0 radical (unpaired) electrons. The van der Waals surface area contributed by atoms with Crippen LogP contribution in [0.25, 0.3) is 11.1 Å². The average molecular weight is 359 g/mol. The van der Waals surface area contributed by atoms with Gasteiger partial charge in [-0.1, -0.05) is 0 Å². The lowest BCUT2D eigenvalue weighted by molar-refractivity contribution is -0.274. The van der Waals surface area contributed by atoms with Gasteiger partial charge in [-0.25, -0.2) is 8.78 Å². The van der Waals surface area contributed by atoms with Crippen LogP contribution in [-0.4, -0.2) is 19.0 Å². The fraction of sp³-hybridized carbons (Fsp3) is 0.294. The molecule has 0 aliphatic carbocycles. The number of fused-ring (bicyclic) bond motifs is 1. The number of hydrogen-bond acceptors (Lipinski definition) is 3. The molecule has 1 aliphatic rings. The van der Waals surface area contributed by atoms with Crippen LogP contribution in [0.2, 0.25) is 0 Å². The second-order valence-corrected chi connectivity index (χ2v) is 5.64. The summed E-state index contributed by atoms with van der Waals surface area (Å²) in [4.78, 5) is 0. The van der Waals surface area contributed by atoms with Gasteiger partial charge in [-0.3, -0.25) is 0 Å². The summed E-state index contributed by atoms with van der Waals surface area (Å²) in [5.41, 5.74) is 6.05. The molecule has 3 rings (SSSR count). The maximum absolute atomic E-state index is 14.0. The maximum atomic E-state index is 14.0. The van der Waals surface area contributed by atoms with E-state index in [4.69, 9.17) is 10.5 Å². The Kier molecular flexibility index (Phi) is 4.55. The van der Waals surface area contributed by atoms with Gasteiger partial charge in [0.25, 0.3) is 0 Å². The van der Waals surface area contributed by atoms with Crippen LogP contribution in [0, 0.1) is 11.6 Å². The highest BCUT2D eigenvalue weighted by molar-refractivity contribution is 5.77. The van der Waals surface area contributed by atoms with E-state index in [2.05, 4.69) is 4.74 Å². The molecule has 8 heteroatoms. The first kappa shape index (κ1) is 17.5. The summed E-state index contributed by atoms with van der Waals surface area (Å²) < 4.78 is 74.9. The SMILES string of the molecule is NC[C@H]1CCc2cc(F)cc(-c3ccc(F)cc3OC(F)(F)F)c2O1. The zero-order chi connectivity index (χ0) is 18.2. The Bertz CT molecular complexity index is 791. The molecule has 1 atom stereocenters. The fourth-order valence-corrected chi connectivity index (χ4v) is 2.81. The smallest absolute Gasteiger partial charge is 0.488 e. The van der Waals surface area contributed by atoms with Gasteiger partial charge in [-0.15, -0.1) is 13.2 Å². The van der Waals surface area contributed by atoms with E-state index in [0.29, 0.717) is 24.5 Å². The lowest BCUT2D eigenvalue weighted by Gasteiger charge is -2.27. The van der Waals surface area contributed by atoms with Crippen molar-refractivity contribution in [2.24, 2.45) is 5.73 Å². The minimum absolute atomic E-state index is 0.0624. The predicted molar refractivity (Wildman–Crippen MR) is 80.3 cm³/mol. The monoisotopic (exact) mass is 359 g/mol. The van der Waals surface area contributed by atoms with E-state index >= 15 is 0 Å². The highest BCUT2D eigenvalue weighted by Gasteiger charge is 2.33. The van der Waals surface area contributed by atoms with Crippen molar-refractivity contribution in [2.45, 2.75) is 25.3 Å². The minimum atomic E-state index is -5.02. The maximum Gasteiger partial charge on any atom is 0.573 e. The molecule has 0 saturated carbocycles. The van der Waals surface area contributed by atoms with Crippen molar-refractivity contribution in [3.05, 3.63) is 47.5 Å². The molecule has 3 nitrogen and oxygen atoms in total. The number of ether oxygens (including phenoxy) is 2. The molecule has 0 aromatic heterocycles. The molecule has 25 heavy (non-hydrogen) atoms. The highest BCUT2D eigenvalue weighted by atomic mass is 19.4. The molecule has 0 saturated heterocycles. The molecule has 1 heterocycles. The summed E-state index contributed by atoms with van der Waals surface area (Å²) in [6, 6.07) is 4.97. The van der Waals surface area contributed by atoms with Crippen molar-refractivity contribution in [3.63, 3.8) is 0 Å². The van der Waals surface area contributed by atoms with Crippen LogP contribution in [-0.2, 0) is 6.42 Å². The largest absolute Gasteiger partial charge is 0.573 e. The van der Waals surface area contributed by atoms with Crippen molar-refractivity contribution in [3.8, 4) is 22.6 Å². The second kappa shape index (κ2) is 6.51. The van der Waals surface area contributed by atoms with Crippen LogP contribution in [0.15, 0.2) is 30.3 Å². The Morgan fingerprint density at radius 2 is 1.84 bits per heavy atom. The zero-order valence-electron chi connectivity index (χ0n) is 12.9. The molecule has 0 amide bonds. The lowest BCUT2D eigenvalue weighted by Crippen LogP contribution is -2.30. The third-order valence-corrected chi connectivity index (χ3v) is 3.87. The quantitative estimate of drug-likeness (QED) is 0.836. The Hall–Kier alpha value is -2.35. The predicted octanol–water partition coefficient (Wildman–Crippen LogP) is 4.18. The summed E-state index contributed by atoms with van der Waals surface area (Å²) in [6.45, 7) is 0.214. The van der Waals surface area contributed by atoms with Crippen molar-refractivity contribution in [2.75, 3.05) is 6.54 Å². The number of aryl methyl sites for hydroxylation is 1. The number of hydrogen-bond donors (Lipinski definition) is 1. The normalized spacial score (nSPS) is 17.0. The molecule has 0 unspecified atom stereocenters.